The summed E-state index contributed by atoms with van der Waals surface area (Å²) >= 11 is 0. The SMILES string of the molecule is COCCCN(CCC(=O)O)Cc1c(C)noc1C. The van der Waals surface area contributed by atoms with Crippen molar-refractivity contribution in [3.8, 4) is 0 Å². The molecule has 108 valence electrons. The number of carboxylic acids is 1. The molecule has 1 heterocycles. The first-order chi connectivity index (χ1) is 9.04. The van der Waals surface area contributed by atoms with Crippen LogP contribution >= 0.6 is 0 Å². The Morgan fingerprint density at radius 3 is 2.68 bits per heavy atom. The summed E-state index contributed by atoms with van der Waals surface area (Å²) in [6.07, 6.45) is 1.01. The fourth-order valence-electron chi connectivity index (χ4n) is 1.91. The summed E-state index contributed by atoms with van der Waals surface area (Å²) < 4.78 is 10.2. The molecule has 1 rings (SSSR count). The van der Waals surface area contributed by atoms with Gasteiger partial charge in [-0.2, -0.15) is 0 Å². The molecule has 0 aromatic carbocycles. The molecule has 0 aliphatic rings. The van der Waals surface area contributed by atoms with E-state index in [-0.39, 0.29) is 6.42 Å². The van der Waals surface area contributed by atoms with E-state index in [4.69, 9.17) is 14.4 Å². The molecule has 0 aliphatic carbocycles. The van der Waals surface area contributed by atoms with Crippen molar-refractivity contribution < 1.29 is 19.2 Å². The molecule has 0 bridgehead atoms. The van der Waals surface area contributed by atoms with Crippen LogP contribution in [0.1, 0.15) is 29.9 Å². The summed E-state index contributed by atoms with van der Waals surface area (Å²) in [5, 5.41) is 12.7. The van der Waals surface area contributed by atoms with Crippen molar-refractivity contribution in [3.63, 3.8) is 0 Å². The van der Waals surface area contributed by atoms with Crippen molar-refractivity contribution in [1.29, 1.82) is 0 Å². The van der Waals surface area contributed by atoms with Crippen LogP contribution < -0.4 is 0 Å². The Bertz CT molecular complexity index is 384. The molecule has 0 saturated heterocycles. The number of ether oxygens (including phenoxy) is 1. The number of hydrogen-bond donors (Lipinski definition) is 1. The molecule has 0 amide bonds. The van der Waals surface area contributed by atoms with Gasteiger partial charge < -0.3 is 14.4 Å². The Morgan fingerprint density at radius 2 is 2.16 bits per heavy atom. The van der Waals surface area contributed by atoms with E-state index in [2.05, 4.69) is 10.1 Å². The summed E-state index contributed by atoms with van der Waals surface area (Å²) in [6.45, 7) is 6.42. The third-order valence-corrected chi connectivity index (χ3v) is 3.03. The van der Waals surface area contributed by atoms with Gasteiger partial charge >= 0.3 is 5.97 Å². The van der Waals surface area contributed by atoms with Gasteiger partial charge in [-0.15, -0.1) is 0 Å². The highest BCUT2D eigenvalue weighted by molar-refractivity contribution is 5.66. The topological polar surface area (TPSA) is 75.8 Å². The van der Waals surface area contributed by atoms with Crippen LogP contribution in [0, 0.1) is 13.8 Å². The van der Waals surface area contributed by atoms with E-state index in [0.717, 1.165) is 30.0 Å². The van der Waals surface area contributed by atoms with E-state index < -0.39 is 5.97 Å². The second-order valence-electron chi connectivity index (χ2n) is 4.57. The Labute approximate surface area is 113 Å². The lowest BCUT2D eigenvalue weighted by atomic mass is 10.2. The Kier molecular flexibility index (Phi) is 6.52. The van der Waals surface area contributed by atoms with E-state index in [1.807, 2.05) is 13.8 Å². The molecular weight excluding hydrogens is 248 g/mol. The van der Waals surface area contributed by atoms with E-state index in [1.165, 1.54) is 0 Å². The van der Waals surface area contributed by atoms with Gasteiger partial charge in [0.15, 0.2) is 0 Å². The molecule has 1 aromatic heterocycles. The van der Waals surface area contributed by atoms with Gasteiger partial charge in [0.2, 0.25) is 0 Å². The van der Waals surface area contributed by atoms with Crippen LogP contribution in [0.15, 0.2) is 4.52 Å². The summed E-state index contributed by atoms with van der Waals surface area (Å²) in [4.78, 5) is 12.8. The summed E-state index contributed by atoms with van der Waals surface area (Å²) in [5.74, 6) is 0.0140. The zero-order valence-electron chi connectivity index (χ0n) is 11.8. The lowest BCUT2D eigenvalue weighted by Crippen LogP contribution is -2.28. The van der Waals surface area contributed by atoms with Gasteiger partial charge in [-0.3, -0.25) is 9.69 Å². The first-order valence-corrected chi connectivity index (χ1v) is 6.39. The van der Waals surface area contributed by atoms with E-state index in [9.17, 15) is 4.79 Å². The number of carbonyl (C=O) groups is 1. The quantitative estimate of drug-likeness (QED) is 0.687. The highest BCUT2D eigenvalue weighted by Crippen LogP contribution is 2.15. The molecule has 1 N–H and O–H groups in total. The maximum atomic E-state index is 10.7. The number of aromatic nitrogens is 1. The number of rotatable bonds is 9. The number of methoxy groups -OCH3 is 1. The zero-order valence-corrected chi connectivity index (χ0v) is 11.8. The first-order valence-electron chi connectivity index (χ1n) is 6.39. The molecule has 6 heteroatoms. The minimum atomic E-state index is -0.782. The van der Waals surface area contributed by atoms with Crippen LogP contribution in [0.25, 0.3) is 0 Å². The van der Waals surface area contributed by atoms with Gasteiger partial charge in [0.1, 0.15) is 5.76 Å². The van der Waals surface area contributed by atoms with Crippen molar-refractivity contribution in [2.24, 2.45) is 0 Å². The van der Waals surface area contributed by atoms with Crippen molar-refractivity contribution in [2.45, 2.75) is 33.2 Å². The molecule has 0 radical (unpaired) electrons. The van der Waals surface area contributed by atoms with Gasteiger partial charge in [0.25, 0.3) is 0 Å². The average molecular weight is 270 g/mol. The smallest absolute Gasteiger partial charge is 0.304 e. The summed E-state index contributed by atoms with van der Waals surface area (Å²) in [5.41, 5.74) is 1.91. The van der Waals surface area contributed by atoms with Crippen molar-refractivity contribution in [2.75, 3.05) is 26.8 Å². The van der Waals surface area contributed by atoms with Crippen molar-refractivity contribution in [1.82, 2.24) is 10.1 Å². The average Bonchev–Trinajstić information content (AvgIpc) is 2.67. The Hall–Kier alpha value is -1.40. The van der Waals surface area contributed by atoms with Gasteiger partial charge in [0.05, 0.1) is 12.1 Å². The lowest BCUT2D eigenvalue weighted by molar-refractivity contribution is -0.137. The van der Waals surface area contributed by atoms with Gasteiger partial charge in [-0.05, 0) is 20.3 Å². The standard InChI is InChI=1S/C13H22N2O4/c1-10-12(11(2)19-14-10)9-15(6-4-8-18-3)7-5-13(16)17/h4-9H2,1-3H3,(H,16,17). The van der Waals surface area contributed by atoms with Gasteiger partial charge in [-0.1, -0.05) is 5.16 Å². The van der Waals surface area contributed by atoms with Gasteiger partial charge in [0, 0.05) is 38.9 Å². The molecule has 0 atom stereocenters. The predicted octanol–water partition coefficient (Wildman–Crippen LogP) is 1.60. The van der Waals surface area contributed by atoms with Crippen molar-refractivity contribution in [3.05, 3.63) is 17.0 Å². The highest BCUT2D eigenvalue weighted by atomic mass is 16.5. The maximum Gasteiger partial charge on any atom is 0.304 e. The Morgan fingerprint density at radius 1 is 1.42 bits per heavy atom. The second-order valence-corrected chi connectivity index (χ2v) is 4.57. The predicted molar refractivity (Wildman–Crippen MR) is 70.0 cm³/mol. The number of hydrogen-bond acceptors (Lipinski definition) is 5. The van der Waals surface area contributed by atoms with Crippen LogP contribution in [0.5, 0.6) is 0 Å². The monoisotopic (exact) mass is 270 g/mol. The van der Waals surface area contributed by atoms with E-state index in [0.29, 0.717) is 19.7 Å². The number of carboxylic acid groups (broad SMARTS) is 1. The minimum absolute atomic E-state index is 0.135. The Balaban J connectivity index is 2.59. The highest BCUT2D eigenvalue weighted by Gasteiger charge is 2.14. The molecule has 19 heavy (non-hydrogen) atoms. The van der Waals surface area contributed by atoms with Crippen LogP contribution in [-0.4, -0.2) is 47.9 Å². The molecule has 0 unspecified atom stereocenters. The largest absolute Gasteiger partial charge is 0.481 e. The maximum absolute atomic E-state index is 10.7. The number of aryl methyl sites for hydroxylation is 2. The first kappa shape index (κ1) is 15.7. The molecule has 0 spiro atoms. The number of aliphatic carboxylic acids is 1. The van der Waals surface area contributed by atoms with Crippen LogP contribution in [0.3, 0.4) is 0 Å². The fourth-order valence-corrected chi connectivity index (χ4v) is 1.91. The fraction of sp³-hybridized carbons (Fsp3) is 0.692. The van der Waals surface area contributed by atoms with E-state index >= 15 is 0 Å². The molecular formula is C13H22N2O4. The molecule has 0 aliphatic heterocycles. The number of nitrogens with zero attached hydrogens (tertiary/aromatic N) is 2. The summed E-state index contributed by atoms with van der Waals surface area (Å²) in [6, 6.07) is 0. The third-order valence-electron chi connectivity index (χ3n) is 3.03. The lowest BCUT2D eigenvalue weighted by Gasteiger charge is -2.21. The third kappa shape index (κ3) is 5.40. The second kappa shape index (κ2) is 7.91. The van der Waals surface area contributed by atoms with Crippen LogP contribution in [0.4, 0.5) is 0 Å². The molecule has 0 saturated carbocycles. The summed E-state index contributed by atoms with van der Waals surface area (Å²) in [7, 11) is 1.66. The zero-order chi connectivity index (χ0) is 14.3. The molecule has 1 aromatic rings. The molecule has 0 fully saturated rings. The molecule has 6 nitrogen and oxygen atoms in total. The van der Waals surface area contributed by atoms with Crippen molar-refractivity contribution >= 4 is 5.97 Å². The van der Waals surface area contributed by atoms with Gasteiger partial charge in [-0.25, -0.2) is 0 Å². The van der Waals surface area contributed by atoms with Crippen LogP contribution in [0.2, 0.25) is 0 Å². The minimum Gasteiger partial charge on any atom is -0.481 e. The normalized spacial score (nSPS) is 11.2. The van der Waals surface area contributed by atoms with E-state index in [1.54, 1.807) is 7.11 Å². The van der Waals surface area contributed by atoms with Crippen LogP contribution in [-0.2, 0) is 16.1 Å².